The third kappa shape index (κ3) is 4.74. The minimum Gasteiger partial charge on any atom is -0.497 e. The Balaban J connectivity index is 1.84. The van der Waals surface area contributed by atoms with Crippen LogP contribution >= 0.6 is 11.6 Å². The maximum Gasteiger partial charge on any atom is 0.344 e. The Morgan fingerprint density at radius 2 is 1.83 bits per heavy atom. The summed E-state index contributed by atoms with van der Waals surface area (Å²) in [6, 6.07) is 11.7. The lowest BCUT2D eigenvalue weighted by molar-refractivity contribution is -0.112. The number of ether oxygens (including phenoxy) is 2. The summed E-state index contributed by atoms with van der Waals surface area (Å²) in [5.41, 5.74) is 1.38. The zero-order valence-electron chi connectivity index (χ0n) is 16.5. The van der Waals surface area contributed by atoms with E-state index in [4.69, 9.17) is 21.1 Å². The van der Waals surface area contributed by atoms with Crippen LogP contribution in [0.3, 0.4) is 0 Å². The molecule has 1 N–H and O–H groups in total. The molecular weight excluding hydrogens is 430 g/mol. The van der Waals surface area contributed by atoms with Crippen molar-refractivity contribution in [2.75, 3.05) is 19.5 Å². The number of halogens is 1. The summed E-state index contributed by atoms with van der Waals surface area (Å²) in [6.45, 7) is 1.49. The first-order valence-corrected chi connectivity index (χ1v) is 10.6. The molecule has 1 heterocycles. The lowest BCUT2D eigenvalue weighted by atomic mass is 10.1. The maximum absolute atomic E-state index is 12.8. The molecule has 2 aromatic rings. The van der Waals surface area contributed by atoms with E-state index in [1.165, 1.54) is 20.2 Å². The number of carbonyl (C=O) groups is 1. The second-order valence-corrected chi connectivity index (χ2v) is 8.35. The van der Waals surface area contributed by atoms with E-state index in [2.05, 4.69) is 9.71 Å². The summed E-state index contributed by atoms with van der Waals surface area (Å²) < 4.78 is 39.9. The Bertz CT molecular complexity index is 1130. The number of methoxy groups -OCH3 is 2. The fourth-order valence-corrected chi connectivity index (χ4v) is 4.14. The molecule has 0 bridgehead atoms. The summed E-state index contributed by atoms with van der Waals surface area (Å²) in [6.07, 6.45) is 1.28. The number of amides is 1. The molecule has 0 saturated carbocycles. The van der Waals surface area contributed by atoms with E-state index < -0.39 is 16.1 Å². The monoisotopic (exact) mass is 449 g/mol. The van der Waals surface area contributed by atoms with Crippen LogP contribution < -0.4 is 14.8 Å². The Morgan fingerprint density at radius 3 is 2.43 bits per heavy atom. The molecule has 3 rings (SSSR count). The molecule has 0 spiro atoms. The highest BCUT2D eigenvalue weighted by atomic mass is 35.5. The van der Waals surface area contributed by atoms with E-state index in [1.807, 2.05) is 0 Å². The van der Waals surface area contributed by atoms with Crippen LogP contribution in [0, 0.1) is 0 Å². The van der Waals surface area contributed by atoms with E-state index in [1.54, 1.807) is 49.6 Å². The van der Waals surface area contributed by atoms with Gasteiger partial charge in [0.05, 0.1) is 37.1 Å². The van der Waals surface area contributed by atoms with Gasteiger partial charge in [-0.05, 0) is 42.8 Å². The summed E-state index contributed by atoms with van der Waals surface area (Å²) in [5.74, 6) is 0.621. The molecule has 1 aliphatic heterocycles. The third-order valence-corrected chi connectivity index (χ3v) is 5.99. The molecule has 0 aliphatic carbocycles. The lowest BCUT2D eigenvalue weighted by Gasteiger charge is -2.24. The Morgan fingerprint density at radius 1 is 1.13 bits per heavy atom. The van der Waals surface area contributed by atoms with Crippen molar-refractivity contribution in [2.45, 2.75) is 13.5 Å². The largest absolute Gasteiger partial charge is 0.497 e. The standard InChI is InChI=1S/C20H20ClN3O5S/c1-13-17(20(25)22-15-6-9-19(29-3)18(21)10-15)12-24(30(26,27)23-13)11-14-4-7-16(28-2)8-5-14/h4-10,12H,11H2,1-3H3,(H,22,25). The first-order chi connectivity index (χ1) is 14.2. The van der Waals surface area contributed by atoms with E-state index in [9.17, 15) is 13.2 Å². The van der Waals surface area contributed by atoms with Crippen LogP contribution in [0.4, 0.5) is 5.69 Å². The number of nitrogens with one attached hydrogen (secondary N) is 1. The van der Waals surface area contributed by atoms with Crippen molar-refractivity contribution >= 4 is 39.1 Å². The van der Waals surface area contributed by atoms with Gasteiger partial charge in [-0.1, -0.05) is 23.7 Å². The first-order valence-electron chi connectivity index (χ1n) is 8.82. The van der Waals surface area contributed by atoms with Gasteiger partial charge in [0, 0.05) is 11.9 Å². The van der Waals surface area contributed by atoms with Crippen LogP contribution in [0.1, 0.15) is 12.5 Å². The van der Waals surface area contributed by atoms with Crippen LogP contribution in [-0.2, 0) is 21.5 Å². The SMILES string of the molecule is COc1ccc(CN2C=C(C(=O)Nc3ccc(OC)c(Cl)c3)C(C)=NS2(=O)=O)cc1. The highest BCUT2D eigenvalue weighted by Gasteiger charge is 2.28. The smallest absolute Gasteiger partial charge is 0.344 e. The van der Waals surface area contributed by atoms with Gasteiger partial charge < -0.3 is 14.8 Å². The molecule has 0 radical (unpaired) electrons. The maximum atomic E-state index is 12.8. The number of benzene rings is 2. The third-order valence-electron chi connectivity index (χ3n) is 4.36. The topological polar surface area (TPSA) is 97.3 Å². The van der Waals surface area contributed by atoms with Crippen LogP contribution in [0.5, 0.6) is 11.5 Å². The summed E-state index contributed by atoms with van der Waals surface area (Å²) in [4.78, 5) is 12.8. The van der Waals surface area contributed by atoms with Gasteiger partial charge in [0.2, 0.25) is 0 Å². The predicted molar refractivity (Wildman–Crippen MR) is 115 cm³/mol. The Labute approximate surface area is 180 Å². The summed E-state index contributed by atoms with van der Waals surface area (Å²) in [5, 5.41) is 3.03. The second-order valence-electron chi connectivity index (χ2n) is 6.39. The second kappa shape index (κ2) is 8.76. The zero-order chi connectivity index (χ0) is 21.9. The number of hydrogen-bond acceptors (Lipinski definition) is 5. The molecule has 0 aromatic heterocycles. The van der Waals surface area contributed by atoms with Crippen LogP contribution in [0.25, 0.3) is 0 Å². The highest BCUT2D eigenvalue weighted by Crippen LogP contribution is 2.28. The van der Waals surface area contributed by atoms with Gasteiger partial charge in [0.1, 0.15) is 11.5 Å². The van der Waals surface area contributed by atoms with Crippen LogP contribution in [0.2, 0.25) is 5.02 Å². The molecule has 8 nitrogen and oxygen atoms in total. The number of hydrogen-bond donors (Lipinski definition) is 1. The molecule has 0 saturated heterocycles. The predicted octanol–water partition coefficient (Wildman–Crippen LogP) is 3.40. The molecule has 2 aromatic carbocycles. The van der Waals surface area contributed by atoms with Crippen LogP contribution in [-0.4, -0.2) is 38.6 Å². The van der Waals surface area contributed by atoms with Crippen molar-refractivity contribution in [1.29, 1.82) is 0 Å². The van der Waals surface area contributed by atoms with Gasteiger partial charge in [0.15, 0.2) is 0 Å². The molecular formula is C20H20ClN3O5S. The van der Waals surface area contributed by atoms with Crippen molar-refractivity contribution in [1.82, 2.24) is 4.31 Å². The number of anilines is 1. The van der Waals surface area contributed by atoms with Crippen molar-refractivity contribution in [3.63, 3.8) is 0 Å². The molecule has 0 atom stereocenters. The molecule has 158 valence electrons. The van der Waals surface area contributed by atoms with Crippen LogP contribution in [0.15, 0.2) is 58.6 Å². The average Bonchev–Trinajstić information content (AvgIpc) is 2.70. The number of rotatable bonds is 6. The van der Waals surface area contributed by atoms with Crippen molar-refractivity contribution < 1.29 is 22.7 Å². The average molecular weight is 450 g/mol. The van der Waals surface area contributed by atoms with Gasteiger partial charge in [-0.25, -0.2) is 0 Å². The van der Waals surface area contributed by atoms with E-state index in [0.29, 0.717) is 27.8 Å². The highest BCUT2D eigenvalue weighted by molar-refractivity contribution is 7.88. The first kappa shape index (κ1) is 21.7. The van der Waals surface area contributed by atoms with E-state index in [0.717, 1.165) is 4.31 Å². The molecule has 1 aliphatic rings. The van der Waals surface area contributed by atoms with E-state index in [-0.39, 0.29) is 17.8 Å². The summed E-state index contributed by atoms with van der Waals surface area (Å²) in [7, 11) is -0.909. The molecule has 0 fully saturated rings. The van der Waals surface area contributed by atoms with E-state index >= 15 is 0 Å². The van der Waals surface area contributed by atoms with Gasteiger partial charge in [0.25, 0.3) is 5.91 Å². The van der Waals surface area contributed by atoms with Gasteiger partial charge in [-0.15, -0.1) is 4.40 Å². The molecule has 1 amide bonds. The molecule has 10 heteroatoms. The minimum absolute atomic E-state index is 0.0221. The zero-order valence-corrected chi connectivity index (χ0v) is 18.1. The lowest BCUT2D eigenvalue weighted by Crippen LogP contribution is -2.32. The van der Waals surface area contributed by atoms with Crippen molar-refractivity contribution in [2.24, 2.45) is 4.40 Å². The number of nitrogens with zero attached hydrogens (tertiary/aromatic N) is 2. The van der Waals surface area contributed by atoms with Gasteiger partial charge in [-0.3, -0.25) is 9.10 Å². The molecule has 30 heavy (non-hydrogen) atoms. The quantitative estimate of drug-likeness (QED) is 0.728. The van der Waals surface area contributed by atoms with Crippen molar-refractivity contribution in [3.05, 3.63) is 64.8 Å². The summed E-state index contributed by atoms with van der Waals surface area (Å²) >= 11 is 6.09. The fraction of sp³-hybridized carbons (Fsp3) is 0.200. The van der Waals surface area contributed by atoms with Gasteiger partial charge >= 0.3 is 10.2 Å². The minimum atomic E-state index is -3.95. The van der Waals surface area contributed by atoms with Gasteiger partial charge in [-0.2, -0.15) is 8.42 Å². The Hall–Kier alpha value is -3.04. The Kier molecular flexibility index (Phi) is 6.33. The van der Waals surface area contributed by atoms with Crippen molar-refractivity contribution in [3.8, 4) is 11.5 Å². The fourth-order valence-electron chi connectivity index (χ4n) is 2.78. The molecule has 0 unspecified atom stereocenters. The number of carbonyl (C=O) groups excluding carboxylic acids is 1. The normalized spacial score (nSPS) is 15.1.